The van der Waals surface area contributed by atoms with Crippen LogP contribution in [0.25, 0.3) is 11.1 Å². The van der Waals surface area contributed by atoms with Gasteiger partial charge in [-0.15, -0.1) is 0 Å². The molecule has 3 rings (SSSR count). The molecule has 0 N–H and O–H groups in total. The quantitative estimate of drug-likeness (QED) is 0.502. The fourth-order valence-electron chi connectivity index (χ4n) is 2.03. The summed E-state index contributed by atoms with van der Waals surface area (Å²) >= 11 is 0. The van der Waals surface area contributed by atoms with Crippen LogP contribution in [0.5, 0.6) is 0 Å². The van der Waals surface area contributed by atoms with Crippen LogP contribution in [0.3, 0.4) is 0 Å². The van der Waals surface area contributed by atoms with Crippen molar-refractivity contribution in [3.05, 3.63) is 59.4 Å². The third-order valence-corrected chi connectivity index (χ3v) is 2.67. The second-order valence-electron chi connectivity index (χ2n) is 3.53. The smallest absolute Gasteiger partial charge is 0.131 e. The lowest BCUT2D eigenvalue weighted by Gasteiger charge is -1.98. The molecule has 0 aliphatic heterocycles. The molecule has 0 spiro atoms. The molecule has 1 heteroatoms. The van der Waals surface area contributed by atoms with Gasteiger partial charge in [-0.05, 0) is 34.7 Å². The summed E-state index contributed by atoms with van der Waals surface area (Å²) in [7, 11) is 0. The molecule has 0 bridgehead atoms. The van der Waals surface area contributed by atoms with Crippen molar-refractivity contribution in [3.8, 4) is 11.1 Å². The van der Waals surface area contributed by atoms with E-state index in [1.165, 1.54) is 17.2 Å². The maximum Gasteiger partial charge on any atom is 0.131 e. The van der Waals surface area contributed by atoms with Crippen LogP contribution < -0.4 is 0 Å². The molecule has 0 nitrogen and oxygen atoms in total. The highest BCUT2D eigenvalue weighted by atomic mass is 19.1. The van der Waals surface area contributed by atoms with Crippen molar-refractivity contribution in [2.45, 2.75) is 6.42 Å². The van der Waals surface area contributed by atoms with E-state index in [4.69, 9.17) is 0 Å². The van der Waals surface area contributed by atoms with E-state index in [9.17, 15) is 4.39 Å². The second-order valence-corrected chi connectivity index (χ2v) is 3.53. The first-order valence-electron chi connectivity index (χ1n) is 4.63. The maximum absolute atomic E-state index is 12.9. The Morgan fingerprint density at radius 3 is 2.79 bits per heavy atom. The molecule has 0 amide bonds. The van der Waals surface area contributed by atoms with Crippen molar-refractivity contribution in [1.82, 2.24) is 0 Å². The highest BCUT2D eigenvalue weighted by molar-refractivity contribution is 5.76. The fraction of sp³-hybridized carbons (Fsp3) is 0.0769. The molecule has 67 valence electrons. The average Bonchev–Trinajstić information content (AvgIpc) is 2.54. The molecule has 0 aromatic heterocycles. The van der Waals surface area contributed by atoms with Crippen LogP contribution in [-0.2, 0) is 6.42 Å². The first-order chi connectivity index (χ1) is 6.84. The number of hydrogen-bond acceptors (Lipinski definition) is 0. The summed E-state index contributed by atoms with van der Waals surface area (Å²) in [5.41, 5.74) is 4.59. The zero-order valence-electron chi connectivity index (χ0n) is 7.55. The third-order valence-electron chi connectivity index (χ3n) is 2.67. The zero-order chi connectivity index (χ0) is 9.54. The molecule has 0 saturated heterocycles. The minimum Gasteiger partial charge on any atom is -0.206 e. The molecule has 0 unspecified atom stereocenters. The first-order valence-corrected chi connectivity index (χ1v) is 4.63. The van der Waals surface area contributed by atoms with Gasteiger partial charge in [-0.25, -0.2) is 4.39 Å². The number of benzene rings is 2. The van der Waals surface area contributed by atoms with Gasteiger partial charge >= 0.3 is 0 Å². The fourth-order valence-corrected chi connectivity index (χ4v) is 2.03. The van der Waals surface area contributed by atoms with Crippen LogP contribution in [-0.4, -0.2) is 0 Å². The molecule has 1 aliphatic rings. The highest BCUT2D eigenvalue weighted by Gasteiger charge is 2.17. The molecule has 2 aromatic carbocycles. The molecule has 0 atom stereocenters. The van der Waals surface area contributed by atoms with Crippen LogP contribution in [0.15, 0.2) is 36.4 Å². The summed E-state index contributed by atoms with van der Waals surface area (Å²) in [4.78, 5) is 0. The lowest BCUT2D eigenvalue weighted by atomic mass is 10.1. The zero-order valence-corrected chi connectivity index (χ0v) is 7.55. The molecule has 2 aromatic rings. The minimum atomic E-state index is -0.267. The lowest BCUT2D eigenvalue weighted by Crippen LogP contribution is -1.82. The Labute approximate surface area is 82.0 Å². The van der Waals surface area contributed by atoms with E-state index in [0.717, 1.165) is 17.5 Å². The summed E-state index contributed by atoms with van der Waals surface area (Å²) in [5, 5.41) is 0. The third kappa shape index (κ3) is 0.987. The predicted molar refractivity (Wildman–Crippen MR) is 53.5 cm³/mol. The van der Waals surface area contributed by atoms with E-state index in [2.05, 4.69) is 18.2 Å². The van der Waals surface area contributed by atoms with Gasteiger partial charge in [0, 0.05) is 6.07 Å². The van der Waals surface area contributed by atoms with Crippen molar-refractivity contribution in [2.24, 2.45) is 0 Å². The summed E-state index contributed by atoms with van der Waals surface area (Å²) in [5.74, 6) is -0.267. The van der Waals surface area contributed by atoms with Crippen LogP contribution in [0, 0.1) is 11.9 Å². The Hall–Kier alpha value is -1.63. The summed E-state index contributed by atoms with van der Waals surface area (Å²) in [6.45, 7) is 0. The van der Waals surface area contributed by atoms with E-state index < -0.39 is 0 Å². The van der Waals surface area contributed by atoms with Crippen LogP contribution >= 0.6 is 0 Å². The van der Waals surface area contributed by atoms with E-state index in [0.29, 0.717) is 0 Å². The van der Waals surface area contributed by atoms with Crippen molar-refractivity contribution >= 4 is 0 Å². The monoisotopic (exact) mass is 183 g/mol. The van der Waals surface area contributed by atoms with Crippen LogP contribution in [0.2, 0.25) is 0 Å². The van der Waals surface area contributed by atoms with Gasteiger partial charge in [0.25, 0.3) is 0 Å². The summed E-state index contributed by atoms with van der Waals surface area (Å²) < 4.78 is 12.9. The molecule has 14 heavy (non-hydrogen) atoms. The Morgan fingerprint density at radius 2 is 1.86 bits per heavy atom. The van der Waals surface area contributed by atoms with Crippen molar-refractivity contribution in [3.63, 3.8) is 0 Å². The largest absolute Gasteiger partial charge is 0.206 e. The van der Waals surface area contributed by atoms with Gasteiger partial charge in [0.05, 0.1) is 0 Å². The maximum atomic E-state index is 12.9. The molecular weight excluding hydrogens is 175 g/mol. The first kappa shape index (κ1) is 7.74. The molecular formula is C13H8F. The Kier molecular flexibility index (Phi) is 1.48. The van der Waals surface area contributed by atoms with Gasteiger partial charge in [-0.2, -0.15) is 0 Å². The Bertz CT molecular complexity index is 500. The minimum absolute atomic E-state index is 0.267. The summed E-state index contributed by atoms with van der Waals surface area (Å²) in [6.07, 6.45) is 0.809. The summed E-state index contributed by atoms with van der Waals surface area (Å²) in [6, 6.07) is 14.3. The van der Waals surface area contributed by atoms with Crippen LogP contribution in [0.1, 0.15) is 11.1 Å². The number of fused-ring (bicyclic) bond motifs is 3. The number of hydrogen-bond donors (Lipinski definition) is 0. The SMILES string of the molecule is Fc1[c]c2c(cc1)-c1ccccc1C2. The van der Waals surface area contributed by atoms with Gasteiger partial charge in [-0.1, -0.05) is 30.3 Å². The van der Waals surface area contributed by atoms with Gasteiger partial charge < -0.3 is 0 Å². The van der Waals surface area contributed by atoms with E-state index in [-0.39, 0.29) is 5.82 Å². The van der Waals surface area contributed by atoms with Gasteiger partial charge in [0.15, 0.2) is 0 Å². The molecule has 1 aliphatic carbocycles. The standard InChI is InChI=1S/C13H8F/c14-11-5-6-13-10(8-11)7-9-3-1-2-4-12(9)13/h1-6H,7H2. The number of halogens is 1. The molecule has 0 heterocycles. The van der Waals surface area contributed by atoms with E-state index in [1.807, 2.05) is 18.2 Å². The van der Waals surface area contributed by atoms with Gasteiger partial charge in [0.1, 0.15) is 5.82 Å². The molecule has 0 saturated carbocycles. The normalized spacial score (nSPS) is 12.4. The van der Waals surface area contributed by atoms with Crippen molar-refractivity contribution < 1.29 is 4.39 Å². The van der Waals surface area contributed by atoms with Gasteiger partial charge in [-0.3, -0.25) is 0 Å². The second kappa shape index (κ2) is 2.68. The van der Waals surface area contributed by atoms with Crippen molar-refractivity contribution in [2.75, 3.05) is 0 Å². The predicted octanol–water partition coefficient (Wildman–Crippen LogP) is 3.20. The lowest BCUT2D eigenvalue weighted by molar-refractivity contribution is 0.624. The van der Waals surface area contributed by atoms with E-state index >= 15 is 0 Å². The van der Waals surface area contributed by atoms with Crippen LogP contribution in [0.4, 0.5) is 4.39 Å². The Balaban J connectivity index is 2.27. The molecule has 0 fully saturated rings. The van der Waals surface area contributed by atoms with Gasteiger partial charge in [0.2, 0.25) is 0 Å². The highest BCUT2D eigenvalue weighted by Crippen LogP contribution is 2.35. The Morgan fingerprint density at radius 1 is 1.00 bits per heavy atom. The molecule has 1 radical (unpaired) electrons. The topological polar surface area (TPSA) is 0 Å². The number of rotatable bonds is 0. The van der Waals surface area contributed by atoms with Crippen molar-refractivity contribution in [1.29, 1.82) is 0 Å². The van der Waals surface area contributed by atoms with E-state index in [1.54, 1.807) is 0 Å². The average molecular weight is 183 g/mol.